The number of hydrogen-bond acceptors (Lipinski definition) is 5. The number of ether oxygens (including phenoxy) is 1. The minimum absolute atomic E-state index is 0.311. The summed E-state index contributed by atoms with van der Waals surface area (Å²) >= 11 is 1.48. The van der Waals surface area contributed by atoms with Crippen LogP contribution in [-0.2, 0) is 9.53 Å². The van der Waals surface area contributed by atoms with E-state index in [1.807, 2.05) is 79.9 Å². The Hall–Kier alpha value is -3.71. The maximum Gasteiger partial charge on any atom is 0.342 e. The number of thiophene rings is 1. The Morgan fingerprint density at radius 1 is 1.00 bits per heavy atom. The van der Waals surface area contributed by atoms with Crippen molar-refractivity contribution in [2.45, 2.75) is 13.8 Å². The van der Waals surface area contributed by atoms with Gasteiger partial charge >= 0.3 is 5.97 Å². The largest absolute Gasteiger partial charge is 0.452 e. The van der Waals surface area contributed by atoms with Gasteiger partial charge < -0.3 is 10.1 Å². The third kappa shape index (κ3) is 4.57. The van der Waals surface area contributed by atoms with Gasteiger partial charge in [0.2, 0.25) is 0 Å². The van der Waals surface area contributed by atoms with Gasteiger partial charge in [-0.3, -0.25) is 4.79 Å². The number of aromatic nitrogens is 2. The van der Waals surface area contributed by atoms with Gasteiger partial charge in [0.1, 0.15) is 11.3 Å². The van der Waals surface area contributed by atoms with Gasteiger partial charge in [-0.05, 0) is 48.6 Å². The van der Waals surface area contributed by atoms with Crippen molar-refractivity contribution in [2.75, 3.05) is 11.9 Å². The van der Waals surface area contributed by atoms with Crippen molar-refractivity contribution in [3.63, 3.8) is 0 Å². The van der Waals surface area contributed by atoms with E-state index in [9.17, 15) is 9.59 Å². The van der Waals surface area contributed by atoms with Gasteiger partial charge in [0.15, 0.2) is 6.61 Å². The summed E-state index contributed by atoms with van der Waals surface area (Å²) in [5, 5.41) is 9.33. The molecule has 0 atom stereocenters. The lowest BCUT2D eigenvalue weighted by Gasteiger charge is -2.11. The van der Waals surface area contributed by atoms with E-state index >= 15 is 0 Å². The number of nitrogens with zero attached hydrogens (tertiary/aromatic N) is 2. The van der Waals surface area contributed by atoms with Crippen LogP contribution in [0.4, 0.5) is 5.69 Å². The van der Waals surface area contributed by atoms with Crippen molar-refractivity contribution in [3.8, 4) is 16.3 Å². The molecule has 31 heavy (non-hydrogen) atoms. The SMILES string of the molecule is Cc1cccc(C)c1NC(=O)COC(=O)c1cn(-c2ccccc2)nc1-c1cccs1. The highest BCUT2D eigenvalue weighted by molar-refractivity contribution is 7.13. The smallest absolute Gasteiger partial charge is 0.342 e. The van der Waals surface area contributed by atoms with Crippen LogP contribution < -0.4 is 5.32 Å². The van der Waals surface area contributed by atoms with E-state index < -0.39 is 5.97 Å². The average Bonchev–Trinajstić information content (AvgIpc) is 3.45. The Labute approximate surface area is 184 Å². The number of para-hydroxylation sites is 2. The van der Waals surface area contributed by atoms with Gasteiger partial charge in [-0.2, -0.15) is 5.10 Å². The Balaban J connectivity index is 1.53. The normalized spacial score (nSPS) is 10.6. The van der Waals surface area contributed by atoms with Gasteiger partial charge in [-0.15, -0.1) is 11.3 Å². The number of esters is 1. The number of amides is 1. The monoisotopic (exact) mass is 431 g/mol. The fraction of sp³-hybridized carbons (Fsp3) is 0.125. The van der Waals surface area contributed by atoms with Crippen LogP contribution in [0.2, 0.25) is 0 Å². The molecule has 1 N–H and O–H groups in total. The van der Waals surface area contributed by atoms with E-state index in [1.165, 1.54) is 11.3 Å². The van der Waals surface area contributed by atoms with E-state index in [1.54, 1.807) is 10.9 Å². The van der Waals surface area contributed by atoms with Crippen LogP contribution in [0.1, 0.15) is 21.5 Å². The van der Waals surface area contributed by atoms with E-state index in [0.717, 1.165) is 27.4 Å². The second kappa shape index (κ2) is 8.97. The number of nitrogens with one attached hydrogen (secondary N) is 1. The zero-order chi connectivity index (χ0) is 21.8. The molecular weight excluding hydrogens is 410 g/mol. The molecule has 0 unspecified atom stereocenters. The number of anilines is 1. The van der Waals surface area contributed by atoms with E-state index in [4.69, 9.17) is 4.74 Å². The molecule has 2 heterocycles. The number of benzene rings is 2. The molecule has 0 bridgehead atoms. The lowest BCUT2D eigenvalue weighted by atomic mass is 10.1. The summed E-state index contributed by atoms with van der Waals surface area (Å²) in [5.41, 5.74) is 4.30. The summed E-state index contributed by atoms with van der Waals surface area (Å²) in [6.45, 7) is 3.45. The molecule has 0 saturated heterocycles. The second-order valence-electron chi connectivity index (χ2n) is 7.04. The van der Waals surface area contributed by atoms with Crippen LogP contribution in [-0.4, -0.2) is 28.3 Å². The van der Waals surface area contributed by atoms with Crippen molar-refractivity contribution < 1.29 is 14.3 Å². The molecule has 2 aromatic carbocycles. The first kappa shape index (κ1) is 20.6. The number of rotatable bonds is 6. The molecule has 6 nitrogen and oxygen atoms in total. The second-order valence-corrected chi connectivity index (χ2v) is 7.99. The molecule has 2 aromatic heterocycles. The molecule has 0 aliphatic rings. The van der Waals surface area contributed by atoms with Crippen LogP contribution >= 0.6 is 11.3 Å². The molecule has 0 aliphatic carbocycles. The third-order valence-electron chi connectivity index (χ3n) is 4.79. The summed E-state index contributed by atoms with van der Waals surface area (Å²) in [6.07, 6.45) is 1.64. The number of carbonyl (C=O) groups excluding carboxylic acids is 2. The zero-order valence-corrected chi connectivity index (χ0v) is 18.0. The van der Waals surface area contributed by atoms with Crippen molar-refractivity contribution in [3.05, 3.63) is 88.9 Å². The van der Waals surface area contributed by atoms with E-state index in [0.29, 0.717) is 11.3 Å². The fourth-order valence-corrected chi connectivity index (χ4v) is 3.95. The first-order chi connectivity index (χ1) is 15.0. The standard InChI is InChI=1S/C24H21N3O3S/c1-16-8-6-9-17(2)22(16)25-21(28)15-30-24(29)19-14-27(18-10-4-3-5-11-18)26-23(19)20-12-7-13-31-20/h3-14H,15H2,1-2H3,(H,25,28). The average molecular weight is 432 g/mol. The molecule has 0 spiro atoms. The minimum atomic E-state index is -0.595. The van der Waals surface area contributed by atoms with Crippen molar-refractivity contribution in [1.82, 2.24) is 9.78 Å². The fourth-order valence-electron chi connectivity index (χ4n) is 3.23. The maximum atomic E-state index is 12.8. The van der Waals surface area contributed by atoms with Crippen LogP contribution in [0.5, 0.6) is 0 Å². The molecule has 0 fully saturated rings. The summed E-state index contributed by atoms with van der Waals surface area (Å²) < 4.78 is 6.97. The van der Waals surface area contributed by atoms with Crippen LogP contribution in [0.3, 0.4) is 0 Å². The highest BCUT2D eigenvalue weighted by Gasteiger charge is 2.21. The first-order valence-electron chi connectivity index (χ1n) is 9.75. The summed E-state index contributed by atoms with van der Waals surface area (Å²) in [5.74, 6) is -0.985. The molecular formula is C24H21N3O3S. The van der Waals surface area contributed by atoms with Gasteiger partial charge in [0.05, 0.1) is 10.6 Å². The summed E-state index contributed by atoms with van der Waals surface area (Å²) in [4.78, 5) is 26.1. The van der Waals surface area contributed by atoms with Crippen LogP contribution in [0.25, 0.3) is 16.3 Å². The summed E-state index contributed by atoms with van der Waals surface area (Å²) in [7, 11) is 0. The Kier molecular flexibility index (Phi) is 5.95. The number of aryl methyl sites for hydroxylation is 2. The molecule has 4 aromatic rings. The van der Waals surface area contributed by atoms with Crippen molar-refractivity contribution in [1.29, 1.82) is 0 Å². The van der Waals surface area contributed by atoms with E-state index in [-0.39, 0.29) is 12.5 Å². The Morgan fingerprint density at radius 3 is 2.42 bits per heavy atom. The molecule has 4 rings (SSSR count). The lowest BCUT2D eigenvalue weighted by Crippen LogP contribution is -2.22. The highest BCUT2D eigenvalue weighted by Crippen LogP contribution is 2.28. The number of hydrogen-bond donors (Lipinski definition) is 1. The van der Waals surface area contributed by atoms with Crippen LogP contribution in [0.15, 0.2) is 72.2 Å². The van der Waals surface area contributed by atoms with Crippen molar-refractivity contribution >= 4 is 28.9 Å². The predicted molar refractivity (Wildman–Crippen MR) is 122 cm³/mol. The first-order valence-corrected chi connectivity index (χ1v) is 10.6. The van der Waals surface area contributed by atoms with E-state index in [2.05, 4.69) is 10.4 Å². The van der Waals surface area contributed by atoms with Gasteiger partial charge in [0.25, 0.3) is 5.91 Å². The third-order valence-corrected chi connectivity index (χ3v) is 5.67. The Morgan fingerprint density at radius 2 is 1.74 bits per heavy atom. The Bertz CT molecular complexity index is 1190. The zero-order valence-electron chi connectivity index (χ0n) is 17.2. The predicted octanol–water partition coefficient (Wildman–Crippen LogP) is 5.01. The maximum absolute atomic E-state index is 12.8. The van der Waals surface area contributed by atoms with Gasteiger partial charge in [-0.25, -0.2) is 9.48 Å². The molecule has 0 aliphatic heterocycles. The highest BCUT2D eigenvalue weighted by atomic mass is 32.1. The molecule has 0 saturated carbocycles. The minimum Gasteiger partial charge on any atom is -0.452 e. The number of carbonyl (C=O) groups is 2. The lowest BCUT2D eigenvalue weighted by molar-refractivity contribution is -0.119. The summed E-state index contributed by atoms with van der Waals surface area (Å²) in [6, 6.07) is 19.1. The molecule has 156 valence electrons. The topological polar surface area (TPSA) is 73.2 Å². The van der Waals surface area contributed by atoms with Gasteiger partial charge in [0, 0.05) is 11.9 Å². The quantitative estimate of drug-likeness (QED) is 0.436. The molecule has 0 radical (unpaired) electrons. The van der Waals surface area contributed by atoms with Crippen molar-refractivity contribution in [2.24, 2.45) is 0 Å². The van der Waals surface area contributed by atoms with Gasteiger partial charge in [-0.1, -0.05) is 42.5 Å². The molecule has 7 heteroatoms. The molecule has 1 amide bonds. The van der Waals surface area contributed by atoms with Crippen LogP contribution in [0, 0.1) is 13.8 Å².